The quantitative estimate of drug-likeness (QED) is 0.679. The zero-order valence-corrected chi connectivity index (χ0v) is 14.9. The summed E-state index contributed by atoms with van der Waals surface area (Å²) < 4.78 is 48.1. The van der Waals surface area contributed by atoms with Crippen LogP contribution in [-0.4, -0.2) is 47.6 Å². The Hall–Kier alpha value is -2.36. The molecule has 2 aromatic rings. The molecule has 0 unspecified atom stereocenters. The highest BCUT2D eigenvalue weighted by atomic mass is 32.1. The number of hydrogen-bond donors (Lipinski definition) is 0. The van der Waals surface area contributed by atoms with Gasteiger partial charge in [-0.2, -0.15) is 13.2 Å². The molecule has 0 saturated carbocycles. The first-order valence-corrected chi connectivity index (χ1v) is 8.57. The molecule has 2 aromatic heterocycles. The normalized spacial score (nSPS) is 11.4. The number of carbonyl (C=O) groups is 2. The van der Waals surface area contributed by atoms with Gasteiger partial charge in [0, 0.05) is 5.38 Å². The van der Waals surface area contributed by atoms with Crippen molar-refractivity contribution in [2.75, 3.05) is 19.7 Å². The molecule has 0 atom stereocenters. The number of nitrogens with zero attached hydrogens (tertiary/aromatic N) is 2. The van der Waals surface area contributed by atoms with E-state index >= 15 is 0 Å². The molecule has 142 valence electrons. The van der Waals surface area contributed by atoms with Crippen molar-refractivity contribution in [3.63, 3.8) is 0 Å². The number of amides is 1. The number of aromatic nitrogens is 1. The van der Waals surface area contributed by atoms with Crippen molar-refractivity contribution < 1.29 is 31.9 Å². The number of halogens is 3. The standard InChI is InChI=1S/C16H17F3N2O4S/c1-3-24-14(23)7-21(9-16(17,18)19)13(22)6-11-8-26-15(20-11)12-5-4-10(2)25-12/h4-5,8H,3,6-7,9H2,1-2H3. The van der Waals surface area contributed by atoms with Crippen molar-refractivity contribution in [2.45, 2.75) is 26.4 Å². The van der Waals surface area contributed by atoms with Gasteiger partial charge in [-0.1, -0.05) is 0 Å². The van der Waals surface area contributed by atoms with E-state index in [0.717, 1.165) is 0 Å². The number of alkyl halides is 3. The minimum atomic E-state index is -4.62. The molecule has 1 amide bonds. The van der Waals surface area contributed by atoms with Crippen molar-refractivity contribution in [3.05, 3.63) is 29.0 Å². The predicted molar refractivity (Wildman–Crippen MR) is 87.5 cm³/mol. The fraction of sp³-hybridized carbons (Fsp3) is 0.438. The van der Waals surface area contributed by atoms with Crippen molar-refractivity contribution in [1.82, 2.24) is 9.88 Å². The Labute approximate surface area is 151 Å². The maximum absolute atomic E-state index is 12.7. The van der Waals surface area contributed by atoms with Crippen LogP contribution in [0.25, 0.3) is 10.8 Å². The molecule has 0 N–H and O–H groups in total. The Kier molecular flexibility index (Phi) is 6.41. The number of furan rings is 1. The molecular weight excluding hydrogens is 373 g/mol. The summed E-state index contributed by atoms with van der Waals surface area (Å²) >= 11 is 1.22. The molecular formula is C16H17F3N2O4S. The van der Waals surface area contributed by atoms with E-state index in [1.807, 2.05) is 0 Å². The maximum atomic E-state index is 12.7. The summed E-state index contributed by atoms with van der Waals surface area (Å²) in [5.41, 5.74) is 0.306. The molecule has 10 heteroatoms. The first-order valence-electron chi connectivity index (χ1n) is 7.69. The summed E-state index contributed by atoms with van der Waals surface area (Å²) in [6.07, 6.45) is -4.98. The lowest BCUT2D eigenvalue weighted by atomic mass is 10.3. The molecule has 6 nitrogen and oxygen atoms in total. The van der Waals surface area contributed by atoms with Crippen molar-refractivity contribution >= 4 is 23.2 Å². The molecule has 0 spiro atoms. The number of hydrogen-bond acceptors (Lipinski definition) is 6. The Morgan fingerprint density at radius 1 is 1.35 bits per heavy atom. The lowest BCUT2D eigenvalue weighted by Crippen LogP contribution is -2.43. The fourth-order valence-corrected chi connectivity index (χ4v) is 2.91. The Balaban J connectivity index is 2.08. The molecule has 2 heterocycles. The summed E-state index contributed by atoms with van der Waals surface area (Å²) in [5.74, 6) is -0.540. The van der Waals surface area contributed by atoms with E-state index in [9.17, 15) is 22.8 Å². The number of esters is 1. The van der Waals surface area contributed by atoms with Crippen molar-refractivity contribution in [2.24, 2.45) is 0 Å². The molecule has 26 heavy (non-hydrogen) atoms. The molecule has 0 aromatic carbocycles. The molecule has 0 aliphatic rings. The third kappa shape index (κ3) is 5.87. The van der Waals surface area contributed by atoms with E-state index < -0.39 is 31.1 Å². The summed E-state index contributed by atoms with van der Waals surface area (Å²) in [5, 5.41) is 2.09. The molecule has 0 aliphatic heterocycles. The smallest absolute Gasteiger partial charge is 0.406 e. The van der Waals surface area contributed by atoms with Gasteiger partial charge in [-0.3, -0.25) is 9.59 Å². The van der Waals surface area contributed by atoms with Crippen LogP contribution in [0, 0.1) is 6.92 Å². The number of ether oxygens (including phenoxy) is 1. The van der Waals surface area contributed by atoms with Gasteiger partial charge < -0.3 is 14.1 Å². The Morgan fingerprint density at radius 3 is 2.65 bits per heavy atom. The first-order chi connectivity index (χ1) is 12.2. The van der Waals surface area contributed by atoms with Gasteiger partial charge in [-0.25, -0.2) is 4.98 Å². The summed E-state index contributed by atoms with van der Waals surface area (Å²) in [6, 6.07) is 3.47. The minimum Gasteiger partial charge on any atom is -0.465 e. The van der Waals surface area contributed by atoms with E-state index in [2.05, 4.69) is 9.72 Å². The van der Waals surface area contributed by atoms with Crippen molar-refractivity contribution in [1.29, 1.82) is 0 Å². The van der Waals surface area contributed by atoms with Crippen LogP contribution in [-0.2, 0) is 20.7 Å². The van der Waals surface area contributed by atoms with Gasteiger partial charge in [0.1, 0.15) is 18.8 Å². The summed E-state index contributed by atoms with van der Waals surface area (Å²) in [6.45, 7) is 1.03. The number of carbonyl (C=O) groups excluding carboxylic acids is 2. The van der Waals surface area contributed by atoms with Gasteiger partial charge >= 0.3 is 12.1 Å². The number of rotatable bonds is 7. The SMILES string of the molecule is CCOC(=O)CN(CC(F)(F)F)C(=O)Cc1csc(-c2ccc(C)o2)n1. The van der Waals surface area contributed by atoms with E-state index in [4.69, 9.17) is 4.42 Å². The molecule has 0 aliphatic carbocycles. The topological polar surface area (TPSA) is 72.6 Å². The largest absolute Gasteiger partial charge is 0.465 e. The monoisotopic (exact) mass is 390 g/mol. The Bertz CT molecular complexity index is 770. The van der Waals surface area contributed by atoms with Crippen LogP contribution in [0.15, 0.2) is 21.9 Å². The maximum Gasteiger partial charge on any atom is 0.406 e. The van der Waals surface area contributed by atoms with Gasteiger partial charge in [-0.05, 0) is 26.0 Å². The molecule has 0 saturated heterocycles. The van der Waals surface area contributed by atoms with Crippen molar-refractivity contribution in [3.8, 4) is 10.8 Å². The van der Waals surface area contributed by atoms with Crippen LogP contribution in [0.2, 0.25) is 0 Å². The number of aryl methyl sites for hydroxylation is 1. The summed E-state index contributed by atoms with van der Waals surface area (Å²) in [7, 11) is 0. The Morgan fingerprint density at radius 2 is 2.08 bits per heavy atom. The second-order valence-electron chi connectivity index (χ2n) is 5.40. The zero-order valence-electron chi connectivity index (χ0n) is 14.1. The summed E-state index contributed by atoms with van der Waals surface area (Å²) in [4.78, 5) is 28.4. The van der Waals surface area contributed by atoms with Gasteiger partial charge in [0.2, 0.25) is 5.91 Å². The average molecular weight is 390 g/mol. The fourth-order valence-electron chi connectivity index (χ4n) is 2.13. The van der Waals surface area contributed by atoms with Gasteiger partial charge in [0.15, 0.2) is 10.8 Å². The second kappa shape index (κ2) is 8.35. The van der Waals surface area contributed by atoms with Crippen LogP contribution in [0.4, 0.5) is 13.2 Å². The molecule has 0 fully saturated rings. The third-order valence-electron chi connectivity index (χ3n) is 3.18. The van der Waals surface area contributed by atoms with Crippen LogP contribution in [0.1, 0.15) is 18.4 Å². The van der Waals surface area contributed by atoms with E-state index in [1.165, 1.54) is 18.3 Å². The highest BCUT2D eigenvalue weighted by Gasteiger charge is 2.34. The van der Waals surface area contributed by atoms with E-state index in [0.29, 0.717) is 27.1 Å². The van der Waals surface area contributed by atoms with Crippen LogP contribution in [0.3, 0.4) is 0 Å². The minimum absolute atomic E-state index is 0.0187. The molecule has 0 radical (unpaired) electrons. The second-order valence-corrected chi connectivity index (χ2v) is 6.26. The lowest BCUT2D eigenvalue weighted by molar-refractivity contribution is -0.167. The van der Waals surface area contributed by atoms with Gasteiger partial charge in [0.05, 0.1) is 18.7 Å². The van der Waals surface area contributed by atoms with Crippen LogP contribution in [0.5, 0.6) is 0 Å². The van der Waals surface area contributed by atoms with Crippen LogP contribution < -0.4 is 0 Å². The first kappa shape index (κ1) is 20.0. The van der Waals surface area contributed by atoms with E-state index in [1.54, 1.807) is 24.4 Å². The van der Waals surface area contributed by atoms with Gasteiger partial charge in [-0.15, -0.1) is 11.3 Å². The third-order valence-corrected chi connectivity index (χ3v) is 4.09. The van der Waals surface area contributed by atoms with Gasteiger partial charge in [0.25, 0.3) is 0 Å². The predicted octanol–water partition coefficient (Wildman–Crippen LogP) is 3.21. The number of thiazole rings is 1. The highest BCUT2D eigenvalue weighted by Crippen LogP contribution is 2.26. The molecule has 0 bridgehead atoms. The lowest BCUT2D eigenvalue weighted by Gasteiger charge is -2.22. The molecule has 2 rings (SSSR count). The van der Waals surface area contributed by atoms with Crippen LogP contribution >= 0.6 is 11.3 Å². The highest BCUT2D eigenvalue weighted by molar-refractivity contribution is 7.13. The zero-order chi connectivity index (χ0) is 19.3. The van der Waals surface area contributed by atoms with E-state index in [-0.39, 0.29) is 13.0 Å². The average Bonchev–Trinajstić information content (AvgIpc) is 3.14.